The van der Waals surface area contributed by atoms with Crippen molar-refractivity contribution in [3.8, 4) is 0 Å². The second-order valence-corrected chi connectivity index (χ2v) is 9.81. The van der Waals surface area contributed by atoms with Crippen molar-refractivity contribution in [3.05, 3.63) is 59.7 Å². The number of sulfonamides is 1. The summed E-state index contributed by atoms with van der Waals surface area (Å²) in [5, 5.41) is 0. The maximum atomic E-state index is 13.0. The highest BCUT2D eigenvalue weighted by molar-refractivity contribution is 7.89. The highest BCUT2D eigenvalue weighted by Crippen LogP contribution is 2.32. The topological polar surface area (TPSA) is 70.2 Å². The molecular weight excluding hydrogens is 459 g/mol. The zero-order valence-electron chi connectivity index (χ0n) is 17.8. The van der Waals surface area contributed by atoms with Gasteiger partial charge in [0.05, 0.1) is 23.7 Å². The van der Waals surface area contributed by atoms with Gasteiger partial charge in [0, 0.05) is 50.5 Å². The van der Waals surface area contributed by atoms with Crippen molar-refractivity contribution in [1.82, 2.24) is 9.21 Å². The minimum Gasteiger partial charge on any atom is -0.379 e. The van der Waals surface area contributed by atoms with Gasteiger partial charge in [-0.2, -0.15) is 17.5 Å². The third kappa shape index (κ3) is 5.15. The second-order valence-electron chi connectivity index (χ2n) is 7.87. The molecule has 33 heavy (non-hydrogen) atoms. The number of hydrogen-bond donors (Lipinski definition) is 0. The van der Waals surface area contributed by atoms with Gasteiger partial charge in [0.15, 0.2) is 0 Å². The van der Waals surface area contributed by atoms with Gasteiger partial charge in [0.1, 0.15) is 0 Å². The number of rotatable bonds is 4. The predicted octanol–water partition coefficient (Wildman–Crippen LogP) is 2.69. The molecule has 0 spiro atoms. The van der Waals surface area contributed by atoms with Gasteiger partial charge >= 0.3 is 6.18 Å². The Morgan fingerprint density at radius 3 is 2.21 bits per heavy atom. The Hall–Kier alpha value is -2.63. The van der Waals surface area contributed by atoms with Crippen molar-refractivity contribution in [2.24, 2.45) is 0 Å². The molecular formula is C22H24F3N3O4S. The fraction of sp³-hybridized carbons (Fsp3) is 0.409. The number of ether oxygens (including phenoxy) is 1. The number of carbonyl (C=O) groups is 1. The van der Waals surface area contributed by atoms with Crippen LogP contribution in [0.1, 0.15) is 15.9 Å². The Balaban J connectivity index is 1.44. The number of hydrogen-bond acceptors (Lipinski definition) is 5. The lowest BCUT2D eigenvalue weighted by atomic mass is 10.1. The van der Waals surface area contributed by atoms with Crippen molar-refractivity contribution in [1.29, 1.82) is 0 Å². The standard InChI is InChI=1S/C22H24F3N3O4S/c23-22(24,25)18-4-2-5-19(16-18)26-7-9-27(10-8-26)21(29)17-3-1-6-20(15-17)33(30,31)28-11-13-32-14-12-28/h1-6,15-16H,7-14H2. The lowest BCUT2D eigenvalue weighted by Gasteiger charge is -2.36. The highest BCUT2D eigenvalue weighted by Gasteiger charge is 2.32. The molecule has 2 aromatic rings. The van der Waals surface area contributed by atoms with Gasteiger partial charge in [-0.15, -0.1) is 0 Å². The molecule has 1 amide bonds. The normalized spacial score (nSPS) is 18.4. The molecule has 4 rings (SSSR count). The van der Waals surface area contributed by atoms with Crippen LogP contribution in [0, 0.1) is 0 Å². The van der Waals surface area contributed by atoms with Crippen molar-refractivity contribution in [3.63, 3.8) is 0 Å². The molecule has 2 aliphatic rings. The molecule has 0 unspecified atom stereocenters. The van der Waals surface area contributed by atoms with Crippen LogP contribution in [0.5, 0.6) is 0 Å². The Morgan fingerprint density at radius 1 is 0.879 bits per heavy atom. The Bertz CT molecular complexity index is 1110. The van der Waals surface area contributed by atoms with Crippen LogP contribution in [0.25, 0.3) is 0 Å². The van der Waals surface area contributed by atoms with Crippen LogP contribution < -0.4 is 4.90 Å². The number of alkyl halides is 3. The molecule has 178 valence electrons. The van der Waals surface area contributed by atoms with Gasteiger partial charge < -0.3 is 14.5 Å². The number of carbonyl (C=O) groups excluding carboxylic acids is 1. The summed E-state index contributed by atoms with van der Waals surface area (Å²) in [5.41, 5.74) is 0.00387. The molecule has 11 heteroatoms. The number of halogens is 3. The lowest BCUT2D eigenvalue weighted by Crippen LogP contribution is -2.48. The van der Waals surface area contributed by atoms with Gasteiger partial charge in [-0.25, -0.2) is 8.42 Å². The molecule has 0 aromatic heterocycles. The van der Waals surface area contributed by atoms with Gasteiger partial charge in [-0.1, -0.05) is 12.1 Å². The molecule has 0 saturated carbocycles. The van der Waals surface area contributed by atoms with E-state index in [0.717, 1.165) is 12.1 Å². The van der Waals surface area contributed by atoms with Crippen LogP contribution in [0.4, 0.5) is 18.9 Å². The summed E-state index contributed by atoms with van der Waals surface area (Å²) < 4.78 is 71.3. The molecule has 2 heterocycles. The van der Waals surface area contributed by atoms with Crippen LogP contribution in [0.15, 0.2) is 53.4 Å². The summed E-state index contributed by atoms with van der Waals surface area (Å²) in [6.45, 7) is 2.56. The van der Waals surface area contributed by atoms with E-state index in [4.69, 9.17) is 4.74 Å². The maximum Gasteiger partial charge on any atom is 0.416 e. The van der Waals surface area contributed by atoms with E-state index in [1.54, 1.807) is 28.0 Å². The summed E-state index contributed by atoms with van der Waals surface area (Å²) in [6.07, 6.45) is -4.42. The van der Waals surface area contributed by atoms with E-state index >= 15 is 0 Å². The van der Waals surface area contributed by atoms with Crippen LogP contribution in [-0.2, 0) is 20.9 Å². The van der Waals surface area contributed by atoms with E-state index in [9.17, 15) is 26.4 Å². The zero-order valence-corrected chi connectivity index (χ0v) is 18.6. The summed E-state index contributed by atoms with van der Waals surface area (Å²) in [6, 6.07) is 11.1. The zero-order chi connectivity index (χ0) is 23.6. The molecule has 2 aromatic carbocycles. The van der Waals surface area contributed by atoms with Gasteiger partial charge in [-0.3, -0.25) is 4.79 Å². The molecule has 0 N–H and O–H groups in total. The van der Waals surface area contributed by atoms with Crippen LogP contribution in [-0.4, -0.2) is 76.0 Å². The third-order valence-corrected chi connectivity index (χ3v) is 7.69. The maximum absolute atomic E-state index is 13.0. The van der Waals surface area contributed by atoms with E-state index < -0.39 is 21.8 Å². The van der Waals surface area contributed by atoms with Gasteiger partial charge in [-0.05, 0) is 36.4 Å². The van der Waals surface area contributed by atoms with Crippen LogP contribution in [0.3, 0.4) is 0 Å². The van der Waals surface area contributed by atoms with E-state index in [1.165, 1.54) is 22.5 Å². The number of anilines is 1. The van der Waals surface area contributed by atoms with Gasteiger partial charge in [0.25, 0.3) is 5.91 Å². The van der Waals surface area contributed by atoms with Crippen LogP contribution >= 0.6 is 0 Å². The van der Waals surface area contributed by atoms with Crippen molar-refractivity contribution in [2.75, 3.05) is 57.4 Å². The minimum absolute atomic E-state index is 0.0536. The summed E-state index contributed by atoms with van der Waals surface area (Å²) >= 11 is 0. The molecule has 0 radical (unpaired) electrons. The first kappa shape index (κ1) is 23.5. The second kappa shape index (κ2) is 9.32. The molecule has 0 atom stereocenters. The molecule has 7 nitrogen and oxygen atoms in total. The third-order valence-electron chi connectivity index (χ3n) is 5.79. The van der Waals surface area contributed by atoms with Crippen LogP contribution in [0.2, 0.25) is 0 Å². The number of benzene rings is 2. The number of nitrogens with zero attached hydrogens (tertiary/aromatic N) is 3. The molecule has 2 saturated heterocycles. The summed E-state index contributed by atoms with van der Waals surface area (Å²) in [7, 11) is -3.73. The van der Waals surface area contributed by atoms with Gasteiger partial charge in [0.2, 0.25) is 10.0 Å². The molecule has 2 aliphatic heterocycles. The largest absolute Gasteiger partial charge is 0.416 e. The fourth-order valence-electron chi connectivity index (χ4n) is 3.95. The highest BCUT2D eigenvalue weighted by atomic mass is 32.2. The van der Waals surface area contributed by atoms with Crippen molar-refractivity contribution >= 4 is 21.6 Å². The monoisotopic (exact) mass is 483 g/mol. The van der Waals surface area contributed by atoms with Crippen molar-refractivity contribution < 1.29 is 31.1 Å². The minimum atomic E-state index is -4.42. The number of morpholine rings is 1. The molecule has 0 aliphatic carbocycles. The first-order valence-corrected chi connectivity index (χ1v) is 12.0. The van der Waals surface area contributed by atoms with E-state index in [2.05, 4.69) is 0 Å². The lowest BCUT2D eigenvalue weighted by molar-refractivity contribution is -0.137. The van der Waals surface area contributed by atoms with E-state index in [0.29, 0.717) is 45.1 Å². The smallest absolute Gasteiger partial charge is 0.379 e. The average Bonchev–Trinajstić information content (AvgIpc) is 2.84. The SMILES string of the molecule is O=C(c1cccc(S(=O)(=O)N2CCOCC2)c1)N1CCN(c2cccc(C(F)(F)F)c2)CC1. The number of amides is 1. The summed E-state index contributed by atoms with van der Waals surface area (Å²) in [4.78, 5) is 16.5. The van der Waals surface area contributed by atoms with Crippen molar-refractivity contribution in [2.45, 2.75) is 11.1 Å². The Kier molecular flexibility index (Phi) is 6.64. The quantitative estimate of drug-likeness (QED) is 0.669. The number of piperazine rings is 1. The van der Waals surface area contributed by atoms with E-state index in [-0.39, 0.29) is 29.5 Å². The Labute approximate surface area is 190 Å². The molecule has 2 fully saturated rings. The first-order valence-electron chi connectivity index (χ1n) is 10.6. The predicted molar refractivity (Wildman–Crippen MR) is 116 cm³/mol. The Morgan fingerprint density at radius 2 is 1.55 bits per heavy atom. The fourth-order valence-corrected chi connectivity index (χ4v) is 5.41. The van der Waals surface area contributed by atoms with E-state index in [1.807, 2.05) is 0 Å². The molecule has 0 bridgehead atoms. The summed E-state index contributed by atoms with van der Waals surface area (Å²) in [5.74, 6) is -0.308. The average molecular weight is 484 g/mol. The first-order chi connectivity index (χ1) is 15.7.